The van der Waals surface area contributed by atoms with E-state index in [1.807, 2.05) is 6.92 Å². The van der Waals surface area contributed by atoms with Crippen molar-refractivity contribution in [3.05, 3.63) is 0 Å². The molecule has 0 radical (unpaired) electrons. The predicted octanol–water partition coefficient (Wildman–Crippen LogP) is 0.713. The number of hydrogen-bond donors (Lipinski definition) is 2. The summed E-state index contributed by atoms with van der Waals surface area (Å²) < 4.78 is 0. The summed E-state index contributed by atoms with van der Waals surface area (Å²) in [6, 6.07) is 0.772. The fraction of sp³-hybridized carbons (Fsp3) is 0.923. The lowest BCUT2D eigenvalue weighted by atomic mass is 9.99. The lowest BCUT2D eigenvalue weighted by molar-refractivity contribution is -0.124. The molecule has 0 aromatic heterocycles. The van der Waals surface area contributed by atoms with Crippen LogP contribution in [0.2, 0.25) is 0 Å². The van der Waals surface area contributed by atoms with E-state index in [0.717, 1.165) is 32.0 Å². The molecule has 1 saturated heterocycles. The summed E-state index contributed by atoms with van der Waals surface area (Å²) in [5.74, 6) is 0.290. The third-order valence-electron chi connectivity index (χ3n) is 4.19. The minimum atomic E-state index is -0.352. The molecule has 2 fully saturated rings. The lowest BCUT2D eigenvalue weighted by Gasteiger charge is -2.21. The summed E-state index contributed by atoms with van der Waals surface area (Å²) >= 11 is 0. The van der Waals surface area contributed by atoms with E-state index in [-0.39, 0.29) is 17.9 Å². The molecule has 4 heteroatoms. The molecule has 0 aromatic carbocycles. The second-order valence-electron chi connectivity index (χ2n) is 5.63. The second-order valence-corrected chi connectivity index (χ2v) is 5.63. The number of amides is 1. The van der Waals surface area contributed by atoms with Gasteiger partial charge in [-0.15, -0.1) is 0 Å². The summed E-state index contributed by atoms with van der Waals surface area (Å²) in [5, 5.41) is 3.10. The smallest absolute Gasteiger partial charge is 0.237 e. The molecular formula is C13H25N3O. The topological polar surface area (TPSA) is 58.4 Å². The lowest BCUT2D eigenvalue weighted by Crippen LogP contribution is -2.49. The molecule has 3 N–H and O–H groups in total. The minimum Gasteiger partial charge on any atom is -0.351 e. The molecule has 17 heavy (non-hydrogen) atoms. The van der Waals surface area contributed by atoms with E-state index in [2.05, 4.69) is 17.1 Å². The van der Waals surface area contributed by atoms with Gasteiger partial charge in [-0.2, -0.15) is 0 Å². The summed E-state index contributed by atoms with van der Waals surface area (Å²) in [5.41, 5.74) is 5.93. The Hall–Kier alpha value is -0.610. The maximum Gasteiger partial charge on any atom is 0.237 e. The van der Waals surface area contributed by atoms with Crippen LogP contribution in [0.3, 0.4) is 0 Å². The molecular weight excluding hydrogens is 214 g/mol. The standard InChI is InChI=1S/C13H25N3O/c1-3-9(2)12(14)13(17)15-10-6-7-16(8-10)11-4-5-11/h9-12H,3-8,14H2,1-2H3,(H,15,17)/t9-,10?,12-/m0/s1. The van der Waals surface area contributed by atoms with Crippen LogP contribution >= 0.6 is 0 Å². The first kappa shape index (κ1) is 12.8. The molecule has 1 aliphatic heterocycles. The van der Waals surface area contributed by atoms with Gasteiger partial charge in [0.05, 0.1) is 6.04 Å². The van der Waals surface area contributed by atoms with Gasteiger partial charge in [0.2, 0.25) is 5.91 Å². The first-order chi connectivity index (χ1) is 8.11. The molecule has 98 valence electrons. The van der Waals surface area contributed by atoms with Crippen molar-refractivity contribution in [2.45, 2.75) is 57.7 Å². The van der Waals surface area contributed by atoms with Gasteiger partial charge in [-0.05, 0) is 25.2 Å². The average Bonchev–Trinajstić information content (AvgIpc) is 3.08. The third-order valence-corrected chi connectivity index (χ3v) is 4.19. The fourth-order valence-electron chi connectivity index (χ4n) is 2.49. The Balaban J connectivity index is 1.75. The first-order valence-electron chi connectivity index (χ1n) is 6.91. The van der Waals surface area contributed by atoms with Crippen LogP contribution in [0.4, 0.5) is 0 Å². The van der Waals surface area contributed by atoms with Crippen molar-refractivity contribution in [1.29, 1.82) is 0 Å². The highest BCUT2D eigenvalue weighted by molar-refractivity contribution is 5.82. The summed E-state index contributed by atoms with van der Waals surface area (Å²) in [6.07, 6.45) is 4.71. The number of carbonyl (C=O) groups is 1. The van der Waals surface area contributed by atoms with Crippen molar-refractivity contribution in [1.82, 2.24) is 10.2 Å². The van der Waals surface area contributed by atoms with Crippen molar-refractivity contribution in [2.24, 2.45) is 11.7 Å². The zero-order valence-electron chi connectivity index (χ0n) is 11.0. The van der Waals surface area contributed by atoms with Gasteiger partial charge < -0.3 is 11.1 Å². The van der Waals surface area contributed by atoms with Crippen molar-refractivity contribution in [3.63, 3.8) is 0 Å². The number of nitrogens with zero attached hydrogens (tertiary/aromatic N) is 1. The molecule has 2 rings (SSSR count). The Kier molecular flexibility index (Phi) is 4.05. The average molecular weight is 239 g/mol. The maximum absolute atomic E-state index is 11.9. The highest BCUT2D eigenvalue weighted by Crippen LogP contribution is 2.29. The Morgan fingerprint density at radius 2 is 2.18 bits per heavy atom. The van der Waals surface area contributed by atoms with E-state index in [9.17, 15) is 4.79 Å². The molecule has 1 amide bonds. The van der Waals surface area contributed by atoms with Gasteiger partial charge in [0.1, 0.15) is 0 Å². The number of nitrogens with two attached hydrogens (primary N) is 1. The Morgan fingerprint density at radius 1 is 1.47 bits per heavy atom. The molecule has 1 heterocycles. The van der Waals surface area contributed by atoms with Gasteiger partial charge in [-0.1, -0.05) is 20.3 Å². The highest BCUT2D eigenvalue weighted by Gasteiger charge is 2.35. The number of carbonyl (C=O) groups excluding carboxylic acids is 1. The zero-order chi connectivity index (χ0) is 12.4. The van der Waals surface area contributed by atoms with Crippen LogP contribution in [0, 0.1) is 5.92 Å². The Morgan fingerprint density at radius 3 is 2.76 bits per heavy atom. The van der Waals surface area contributed by atoms with Crippen molar-refractivity contribution in [3.8, 4) is 0 Å². The maximum atomic E-state index is 11.9. The molecule has 0 aromatic rings. The molecule has 0 bridgehead atoms. The van der Waals surface area contributed by atoms with Crippen molar-refractivity contribution < 1.29 is 4.79 Å². The zero-order valence-corrected chi connectivity index (χ0v) is 11.0. The molecule has 2 aliphatic rings. The number of rotatable bonds is 5. The van der Waals surface area contributed by atoms with E-state index in [1.54, 1.807) is 0 Å². The Bertz CT molecular complexity index is 278. The van der Waals surface area contributed by atoms with Gasteiger partial charge >= 0.3 is 0 Å². The number of nitrogens with one attached hydrogen (secondary N) is 1. The van der Waals surface area contributed by atoms with E-state index in [0.29, 0.717) is 6.04 Å². The predicted molar refractivity (Wildman–Crippen MR) is 68.6 cm³/mol. The fourth-order valence-corrected chi connectivity index (χ4v) is 2.49. The summed E-state index contributed by atoms with van der Waals surface area (Å²) in [6.45, 7) is 6.26. The summed E-state index contributed by atoms with van der Waals surface area (Å²) in [4.78, 5) is 14.4. The summed E-state index contributed by atoms with van der Waals surface area (Å²) in [7, 11) is 0. The van der Waals surface area contributed by atoms with Gasteiger partial charge in [0.25, 0.3) is 0 Å². The highest BCUT2D eigenvalue weighted by atomic mass is 16.2. The molecule has 1 unspecified atom stereocenters. The van der Waals surface area contributed by atoms with E-state index >= 15 is 0 Å². The van der Waals surface area contributed by atoms with E-state index in [4.69, 9.17) is 5.73 Å². The molecule has 4 nitrogen and oxygen atoms in total. The van der Waals surface area contributed by atoms with Crippen LogP contribution in [0.15, 0.2) is 0 Å². The van der Waals surface area contributed by atoms with Crippen LogP contribution in [-0.4, -0.2) is 42.0 Å². The second kappa shape index (κ2) is 5.36. The van der Waals surface area contributed by atoms with Crippen LogP contribution < -0.4 is 11.1 Å². The third kappa shape index (κ3) is 3.19. The van der Waals surface area contributed by atoms with E-state index < -0.39 is 0 Å². The van der Waals surface area contributed by atoms with Gasteiger partial charge in [-0.25, -0.2) is 0 Å². The van der Waals surface area contributed by atoms with Gasteiger partial charge in [-0.3, -0.25) is 9.69 Å². The first-order valence-corrected chi connectivity index (χ1v) is 6.91. The van der Waals surface area contributed by atoms with Crippen LogP contribution in [-0.2, 0) is 4.79 Å². The van der Waals surface area contributed by atoms with E-state index in [1.165, 1.54) is 12.8 Å². The van der Waals surface area contributed by atoms with Crippen molar-refractivity contribution >= 4 is 5.91 Å². The van der Waals surface area contributed by atoms with Crippen LogP contribution in [0.1, 0.15) is 39.5 Å². The minimum absolute atomic E-state index is 0.0296. The SMILES string of the molecule is CC[C@H](C)[C@H](N)C(=O)NC1CCN(C2CC2)C1. The normalized spacial score (nSPS) is 29.0. The Labute approximate surface area is 104 Å². The molecule has 1 aliphatic carbocycles. The van der Waals surface area contributed by atoms with Crippen LogP contribution in [0.5, 0.6) is 0 Å². The van der Waals surface area contributed by atoms with Gasteiger partial charge in [0, 0.05) is 25.2 Å². The molecule has 0 spiro atoms. The largest absolute Gasteiger partial charge is 0.351 e. The van der Waals surface area contributed by atoms with Gasteiger partial charge in [0.15, 0.2) is 0 Å². The molecule has 3 atom stereocenters. The number of likely N-dealkylation sites (tertiary alicyclic amines) is 1. The number of hydrogen-bond acceptors (Lipinski definition) is 3. The quantitative estimate of drug-likeness (QED) is 0.743. The molecule has 1 saturated carbocycles. The monoisotopic (exact) mass is 239 g/mol. The van der Waals surface area contributed by atoms with Crippen LogP contribution in [0.25, 0.3) is 0 Å². The van der Waals surface area contributed by atoms with Crippen molar-refractivity contribution in [2.75, 3.05) is 13.1 Å².